The Hall–Kier alpha value is -3.34. The van der Waals surface area contributed by atoms with Crippen LogP contribution in [0.2, 0.25) is 0 Å². The van der Waals surface area contributed by atoms with Gasteiger partial charge >= 0.3 is 11.9 Å². The summed E-state index contributed by atoms with van der Waals surface area (Å²) in [7, 11) is 5.70. The van der Waals surface area contributed by atoms with E-state index in [4.69, 9.17) is 94.7 Å². The van der Waals surface area contributed by atoms with Crippen molar-refractivity contribution in [3.63, 3.8) is 0 Å². The van der Waals surface area contributed by atoms with Crippen molar-refractivity contribution < 1.29 is 237 Å². The van der Waals surface area contributed by atoms with Crippen LogP contribution >= 0.6 is 0 Å². The Labute approximate surface area is 782 Å². The van der Waals surface area contributed by atoms with E-state index in [2.05, 4.69) is 0 Å². The fraction of sp³-hybridized carbons (Fsp3) is 0.932. The van der Waals surface area contributed by atoms with E-state index in [0.717, 1.165) is 12.2 Å². The summed E-state index contributed by atoms with van der Waals surface area (Å²) >= 11 is 0. The van der Waals surface area contributed by atoms with Crippen LogP contribution in [-0.4, -0.2) is 516 Å². The topological polar surface area (TPSA) is 752 Å². The molecule has 14 fully saturated rings. The average Bonchev–Trinajstić information content (AvgIpc) is 0.732. The van der Waals surface area contributed by atoms with Crippen molar-refractivity contribution in [2.75, 3.05) is 68.1 Å². The molecule has 14 rings (SSSR count). The minimum atomic E-state index is -2.13. The number of methoxy groups -OCH3 is 4. The van der Waals surface area contributed by atoms with Gasteiger partial charge in [-0.1, -0.05) is 19.1 Å². The summed E-state index contributed by atoms with van der Waals surface area (Å²) in [6.07, 6.45) is -69.6. The number of carbonyl (C=O) groups is 2. The molecule has 0 amide bonds. The second-order valence-electron chi connectivity index (χ2n) is 39.5. The number of hydrogen-bond donors (Lipinski definition) is 26. The monoisotopic (exact) mass is 1970 g/mol. The third kappa shape index (κ3) is 24.0. The zero-order chi connectivity index (χ0) is 98.2. The molecule has 0 radical (unpaired) electrons. The van der Waals surface area contributed by atoms with Gasteiger partial charge in [0.25, 0.3) is 0 Å². The molecule has 14 aliphatic rings. The van der Waals surface area contributed by atoms with Gasteiger partial charge in [-0.3, -0.25) is 0 Å². The first-order valence-electron chi connectivity index (χ1n) is 47.3. The van der Waals surface area contributed by atoms with Gasteiger partial charge < -0.3 is 228 Å². The van der Waals surface area contributed by atoms with Crippen LogP contribution in [0.4, 0.5) is 0 Å². The van der Waals surface area contributed by atoms with E-state index in [1.807, 2.05) is 0 Å². The van der Waals surface area contributed by atoms with Gasteiger partial charge in [0.15, 0.2) is 62.2 Å². The van der Waals surface area contributed by atoms with Gasteiger partial charge in [-0.2, -0.15) is 0 Å². The number of allylic oxidation sites excluding steroid dienone is 2. The van der Waals surface area contributed by atoms with Crippen molar-refractivity contribution in [1.82, 2.24) is 0 Å². The number of ether oxygens (including phenoxy) is 20. The summed E-state index contributed by atoms with van der Waals surface area (Å²) in [6.45, 7) is -2.59. The van der Waals surface area contributed by atoms with Crippen LogP contribution in [-0.2, 0) is 94.9 Å². The number of aliphatic hydroxyl groups is 30. The van der Waals surface area contributed by atoms with Crippen molar-refractivity contribution >= 4 is 11.9 Å². The molecule has 48 nitrogen and oxygen atoms in total. The van der Waals surface area contributed by atoms with Gasteiger partial charge in [0.2, 0.25) is 0 Å². The predicted octanol–water partition coefficient (Wildman–Crippen LogP) is -12.5. The van der Waals surface area contributed by atoms with Crippen molar-refractivity contribution in [3.05, 3.63) is 24.3 Å². The highest BCUT2D eigenvalue weighted by Gasteiger charge is 2.66. The lowest BCUT2D eigenvalue weighted by atomic mass is 9.59. The molecule has 0 spiro atoms. The molecular formula is C88H144O48+2. The SMILES string of the molecule is COC1CC(C=CC(=O)OC[C@H]2O[C@@H](OC[C@H]3O[C@H](OC4CC5C(O)CC(O)C(C(C)C6C(O)CC(O)C7CC(O[C@H]8O[C@H](CO[C@@H]9O[C@H](COC(=O)C=CC%10CC(OC)C(O)C(OC)C%10)[C@@H](O)[C@H](O)[C@H]9O)[C@H](O)[C@H](O)[C@H]8O[C@@H]8OC[C@@H](O)[C@H](O)[C@H]8O)C(C8CCC(O)C(O)C8)[OH+]C76)C5[OH+]C4C4CCC(O)C(O)C4)[C@H](O[C@@H]4OC[C@@H](O)[C@H](O)[C@H]4O)[C@@H](O)[C@H]3O)[C@H](O)[C@@H](O)[C@@H]2O)CC(OC)C1O. The molecular weight excluding hydrogens is 1820 g/mol. The van der Waals surface area contributed by atoms with Gasteiger partial charge in [-0.05, 0) is 94.8 Å². The van der Waals surface area contributed by atoms with Gasteiger partial charge in [-0.25, -0.2) is 9.59 Å². The van der Waals surface area contributed by atoms with Crippen molar-refractivity contribution in [3.8, 4) is 0 Å². The summed E-state index contributed by atoms with van der Waals surface area (Å²) in [6, 6.07) is 0. The molecule has 8 heterocycles. The van der Waals surface area contributed by atoms with Crippen LogP contribution in [0.1, 0.15) is 96.8 Å². The van der Waals surface area contributed by atoms with Gasteiger partial charge in [-0.15, -0.1) is 0 Å². The maximum absolute atomic E-state index is 13.1. The Morgan fingerprint density at radius 3 is 0.985 bits per heavy atom. The van der Waals surface area contributed by atoms with Crippen LogP contribution in [0.25, 0.3) is 0 Å². The molecule has 0 aromatic rings. The smallest absolute Gasteiger partial charge is 0.330 e. The van der Waals surface area contributed by atoms with E-state index in [1.54, 1.807) is 19.1 Å². The number of fused-ring (bicyclic) bond motifs is 2. The number of hydrogen-bond acceptors (Lipinski definition) is 46. The van der Waals surface area contributed by atoms with Crippen molar-refractivity contribution in [2.24, 2.45) is 53.3 Å². The lowest BCUT2D eigenvalue weighted by Crippen LogP contribution is -2.68. The van der Waals surface area contributed by atoms with E-state index >= 15 is 0 Å². The van der Waals surface area contributed by atoms with Crippen LogP contribution < -0.4 is 0 Å². The fourth-order valence-corrected chi connectivity index (χ4v) is 23.0. The highest BCUT2D eigenvalue weighted by atomic mass is 16.8. The van der Waals surface area contributed by atoms with Gasteiger partial charge in [0, 0.05) is 65.3 Å². The lowest BCUT2D eigenvalue weighted by Gasteiger charge is -2.55. The Kier molecular flexibility index (Phi) is 37.8. The minimum Gasteiger partial charge on any atom is -0.460 e. The molecule has 52 atom stereocenters. The van der Waals surface area contributed by atoms with Crippen LogP contribution in [0, 0.1) is 53.3 Å². The first-order chi connectivity index (χ1) is 64.7. The summed E-state index contributed by atoms with van der Waals surface area (Å²) in [5, 5.41) is 298. The number of esters is 2. The maximum Gasteiger partial charge on any atom is 0.330 e. The van der Waals surface area contributed by atoms with E-state index in [1.165, 1.54) is 28.4 Å². The molecule has 28 N–H and O–H groups in total. The van der Waals surface area contributed by atoms with Crippen LogP contribution in [0.5, 0.6) is 0 Å². The standard InChI is InChI=1S/C88H142O48/c1-30(59-43(95)22-39(91)35-20-51(77(133-79(35)59)33-8-10-37(89)41(93)18-33)127-87-81(135-85-73(113)61(101)45(97)24-123-85)71(111)67(107)55(131-87)28-125-83-75(115)69(109)65(105)53(129-83)26-121-57(99)12-6-31-14-47(117-2)63(103)48(15-31)118-3)60-44(96)23-40(92)36-21-52(78(134-80(36)60)34-9-11-38(90)42(94)19-34)128-88-82(136-86-74(114)62(102)46(98)25-124-86)72(112)68(108)56(132-88)29-126-84-76(116)70(110)66(106)54(130-84)27-122-58(100)13-7-32-16-49(119-4)64(104)50(17-32)120-5/h6-7,12-13,30-56,59-98,101-116H,8-11,14-29H2,1-5H3/p+2/t30?,31?,32?,33?,34?,35?,36?,37?,38?,39?,40?,41?,42?,43?,44?,45-,46-,47?,48?,49?,50?,51?,52?,53-,54-,55-,56-,59?,60?,61+,62+,63?,64?,65-,66-,67+,68+,69+,70+,71+,72+,73-,74-,75-,76-,77?,78?,79?,80?,81-,82-,83-,84-,85+,86+,87+,88+/m1/s1. The predicted molar refractivity (Wildman–Crippen MR) is 446 cm³/mol. The summed E-state index contributed by atoms with van der Waals surface area (Å²) in [4.78, 5) is 26.3. The first-order valence-corrected chi connectivity index (χ1v) is 47.3. The molecule has 48 heteroatoms. The minimum absolute atomic E-state index is 0.0185. The average molecular weight is 1970 g/mol. The molecule has 8 aliphatic heterocycles. The van der Waals surface area contributed by atoms with Crippen LogP contribution in [0.3, 0.4) is 0 Å². The molecule has 0 aromatic heterocycles. The lowest BCUT2D eigenvalue weighted by molar-refractivity contribution is -0.393. The van der Waals surface area contributed by atoms with Crippen molar-refractivity contribution in [1.29, 1.82) is 0 Å². The van der Waals surface area contributed by atoms with E-state index in [0.29, 0.717) is 25.7 Å². The van der Waals surface area contributed by atoms with Crippen molar-refractivity contribution in [2.45, 2.75) is 391 Å². The summed E-state index contributed by atoms with van der Waals surface area (Å²) in [5.74, 6) is -8.83. The molecule has 6 aliphatic carbocycles. The fourth-order valence-electron chi connectivity index (χ4n) is 23.0. The zero-order valence-corrected chi connectivity index (χ0v) is 76.0. The molecule has 8 saturated heterocycles. The highest BCUT2D eigenvalue weighted by Crippen LogP contribution is 2.53. The Balaban J connectivity index is 0.704. The number of aliphatic hydroxyl groups excluding tert-OH is 26. The quantitative estimate of drug-likeness (QED) is 0.0180. The van der Waals surface area contributed by atoms with E-state index < -0.39 is 387 Å². The third-order valence-corrected chi connectivity index (χ3v) is 31.0. The Bertz CT molecular complexity index is 3520. The Morgan fingerprint density at radius 2 is 0.640 bits per heavy atom. The highest BCUT2D eigenvalue weighted by molar-refractivity contribution is 5.82. The van der Waals surface area contributed by atoms with E-state index in [-0.39, 0.29) is 76.0 Å². The summed E-state index contributed by atoms with van der Waals surface area (Å²) in [5.41, 5.74) is 0. The molecule has 136 heavy (non-hydrogen) atoms. The van der Waals surface area contributed by atoms with Gasteiger partial charge in [0.1, 0.15) is 172 Å². The third-order valence-electron chi connectivity index (χ3n) is 31.0. The molecule has 782 valence electrons. The maximum atomic E-state index is 13.1. The molecule has 24 unspecified atom stereocenters. The molecule has 0 bridgehead atoms. The van der Waals surface area contributed by atoms with Crippen LogP contribution in [0.15, 0.2) is 24.3 Å². The normalized spacial score (nSPS) is 51.9. The number of rotatable bonds is 30. The Morgan fingerprint density at radius 1 is 0.309 bits per heavy atom. The zero-order valence-electron chi connectivity index (χ0n) is 76.0. The number of carbonyl (C=O) groups excluding carboxylic acids is 2. The van der Waals surface area contributed by atoms with E-state index in [9.17, 15) is 142 Å². The second-order valence-corrected chi connectivity index (χ2v) is 39.5. The summed E-state index contributed by atoms with van der Waals surface area (Å²) < 4.78 is 118. The molecule has 6 saturated carbocycles. The van der Waals surface area contributed by atoms with Gasteiger partial charge in [0.05, 0.1) is 123 Å². The second kappa shape index (κ2) is 47.4. The first kappa shape index (κ1) is 108. The largest absolute Gasteiger partial charge is 0.460 e. The molecule has 0 aromatic carbocycles.